The van der Waals surface area contributed by atoms with Crippen molar-refractivity contribution in [2.24, 2.45) is 5.92 Å². The largest absolute Gasteiger partial charge is 0.494 e. The summed E-state index contributed by atoms with van der Waals surface area (Å²) in [4.78, 5) is 19.8. The van der Waals surface area contributed by atoms with Crippen LogP contribution in [0.2, 0.25) is 0 Å². The summed E-state index contributed by atoms with van der Waals surface area (Å²) in [5.74, 6) is 1.36. The maximum atomic E-state index is 11.9. The Hall–Kier alpha value is -2.62. The van der Waals surface area contributed by atoms with E-state index in [2.05, 4.69) is 36.8 Å². The number of aryl methyl sites for hydroxylation is 1. The van der Waals surface area contributed by atoms with Gasteiger partial charge in [-0.2, -0.15) is 0 Å². The fourth-order valence-corrected chi connectivity index (χ4v) is 2.94. The van der Waals surface area contributed by atoms with Crippen molar-refractivity contribution in [3.05, 3.63) is 59.3 Å². The molecular weight excluding hydrogens is 360 g/mol. The summed E-state index contributed by atoms with van der Waals surface area (Å²) in [6.07, 6.45) is 9.64. The first-order chi connectivity index (χ1) is 13.9. The summed E-state index contributed by atoms with van der Waals surface area (Å²) in [6.45, 7) is 14.6. The van der Waals surface area contributed by atoms with Crippen molar-refractivity contribution < 1.29 is 9.53 Å². The Bertz CT molecular complexity index is 829. The van der Waals surface area contributed by atoms with Crippen LogP contribution in [0.5, 0.6) is 0 Å². The van der Waals surface area contributed by atoms with Gasteiger partial charge in [-0.15, -0.1) is 0 Å². The van der Waals surface area contributed by atoms with E-state index in [-0.39, 0.29) is 5.78 Å². The standard InChI is InChI=1S/C23H30N2O2.C2H6/c1-6-8-22-21(17(5)26)15-23(25-22)18-11-12-24-19(14-18)9-10-20(27-7-2)13-16(3)4;1-2/h9-16,25H,6-8H2,1-5H3;1-2H3/b10-9+,20-13-;. The Morgan fingerprint density at radius 3 is 2.55 bits per heavy atom. The van der Waals surface area contributed by atoms with Gasteiger partial charge in [0.25, 0.3) is 0 Å². The molecule has 2 heterocycles. The molecule has 4 heteroatoms. The van der Waals surface area contributed by atoms with E-state index in [0.717, 1.165) is 46.8 Å². The highest BCUT2D eigenvalue weighted by atomic mass is 16.5. The molecule has 0 amide bonds. The molecule has 0 aliphatic rings. The maximum Gasteiger partial charge on any atom is 0.161 e. The number of aromatic amines is 1. The second-order valence-electron chi connectivity index (χ2n) is 6.93. The average Bonchev–Trinajstić information content (AvgIpc) is 3.12. The number of Topliss-reactive ketones (excluding diaryl/α,β-unsaturated/α-hetero) is 1. The van der Waals surface area contributed by atoms with Gasteiger partial charge in [-0.3, -0.25) is 9.78 Å². The molecule has 0 spiro atoms. The Morgan fingerprint density at radius 1 is 1.24 bits per heavy atom. The highest BCUT2D eigenvalue weighted by molar-refractivity contribution is 5.96. The number of allylic oxidation sites excluding steroid dienone is 2. The van der Waals surface area contributed by atoms with E-state index in [1.165, 1.54) is 0 Å². The molecule has 158 valence electrons. The highest BCUT2D eigenvalue weighted by Crippen LogP contribution is 2.24. The first-order valence-corrected chi connectivity index (χ1v) is 10.7. The Kier molecular flexibility index (Phi) is 10.7. The number of nitrogens with one attached hydrogen (secondary N) is 1. The first kappa shape index (κ1) is 24.4. The van der Waals surface area contributed by atoms with E-state index in [4.69, 9.17) is 4.74 Å². The molecule has 0 aliphatic carbocycles. The Labute approximate surface area is 176 Å². The first-order valence-electron chi connectivity index (χ1n) is 10.7. The molecule has 0 radical (unpaired) electrons. The minimum absolute atomic E-state index is 0.0929. The van der Waals surface area contributed by atoms with Crippen LogP contribution < -0.4 is 0 Å². The molecule has 0 unspecified atom stereocenters. The lowest BCUT2D eigenvalue weighted by Crippen LogP contribution is -1.96. The second-order valence-corrected chi connectivity index (χ2v) is 6.93. The lowest BCUT2D eigenvalue weighted by atomic mass is 10.1. The van der Waals surface area contributed by atoms with E-state index in [1.807, 2.05) is 51.1 Å². The summed E-state index contributed by atoms with van der Waals surface area (Å²) in [7, 11) is 0. The highest BCUT2D eigenvalue weighted by Gasteiger charge is 2.12. The summed E-state index contributed by atoms with van der Waals surface area (Å²) < 4.78 is 5.66. The third-order valence-electron chi connectivity index (χ3n) is 4.10. The van der Waals surface area contributed by atoms with Gasteiger partial charge in [0.2, 0.25) is 0 Å². The molecule has 1 N–H and O–H groups in total. The van der Waals surface area contributed by atoms with Crippen molar-refractivity contribution in [1.82, 2.24) is 9.97 Å². The fraction of sp³-hybridized carbons (Fsp3) is 0.440. The molecule has 0 atom stereocenters. The minimum Gasteiger partial charge on any atom is -0.494 e. The molecule has 0 saturated carbocycles. The van der Waals surface area contributed by atoms with Gasteiger partial charge in [-0.25, -0.2) is 0 Å². The molecule has 2 aromatic rings. The topological polar surface area (TPSA) is 55.0 Å². The molecular formula is C25H36N2O2. The van der Waals surface area contributed by atoms with Crippen LogP contribution in [0.3, 0.4) is 0 Å². The minimum atomic E-state index is 0.0929. The van der Waals surface area contributed by atoms with Crippen LogP contribution in [-0.2, 0) is 11.2 Å². The number of hydrogen-bond donors (Lipinski definition) is 1. The van der Waals surface area contributed by atoms with Crippen LogP contribution in [0.15, 0.2) is 42.3 Å². The Balaban J connectivity index is 0.00000204. The zero-order valence-electron chi connectivity index (χ0n) is 19.0. The van der Waals surface area contributed by atoms with Crippen LogP contribution in [0.4, 0.5) is 0 Å². The SMILES string of the molecule is CC.CCCc1[nH]c(-c2ccnc(/C=C/C(=C/C(C)C)OCC)c2)cc1C(C)=O. The quantitative estimate of drug-likeness (QED) is 0.286. The van der Waals surface area contributed by atoms with Crippen molar-refractivity contribution in [1.29, 1.82) is 0 Å². The van der Waals surface area contributed by atoms with Crippen molar-refractivity contribution in [2.45, 2.75) is 61.3 Å². The van der Waals surface area contributed by atoms with Gasteiger partial charge in [-0.1, -0.05) is 41.0 Å². The van der Waals surface area contributed by atoms with E-state index < -0.39 is 0 Å². The number of ketones is 1. The van der Waals surface area contributed by atoms with E-state index in [0.29, 0.717) is 12.5 Å². The van der Waals surface area contributed by atoms with Crippen LogP contribution in [0.1, 0.15) is 76.6 Å². The molecule has 2 rings (SSSR count). The molecule has 0 fully saturated rings. The summed E-state index contributed by atoms with van der Waals surface area (Å²) in [6, 6.07) is 5.91. The number of ether oxygens (including phenoxy) is 1. The van der Waals surface area contributed by atoms with Crippen LogP contribution in [0.25, 0.3) is 17.3 Å². The molecule has 0 saturated heterocycles. The number of rotatable bonds is 9. The van der Waals surface area contributed by atoms with E-state index in [1.54, 1.807) is 13.1 Å². The van der Waals surface area contributed by atoms with Crippen molar-refractivity contribution in [2.75, 3.05) is 6.61 Å². The van der Waals surface area contributed by atoms with Gasteiger partial charge in [0.1, 0.15) is 5.76 Å². The smallest absolute Gasteiger partial charge is 0.161 e. The van der Waals surface area contributed by atoms with E-state index >= 15 is 0 Å². The summed E-state index contributed by atoms with van der Waals surface area (Å²) in [5.41, 5.74) is 4.59. The normalized spacial score (nSPS) is 11.5. The van der Waals surface area contributed by atoms with Crippen molar-refractivity contribution in [3.8, 4) is 11.3 Å². The van der Waals surface area contributed by atoms with Crippen molar-refractivity contribution >= 4 is 11.9 Å². The third-order valence-corrected chi connectivity index (χ3v) is 4.10. The van der Waals surface area contributed by atoms with Gasteiger partial charge in [0, 0.05) is 28.7 Å². The zero-order chi connectivity index (χ0) is 21.8. The van der Waals surface area contributed by atoms with Gasteiger partial charge in [0.15, 0.2) is 5.78 Å². The molecule has 0 bridgehead atoms. The maximum absolute atomic E-state index is 11.9. The predicted molar refractivity (Wildman–Crippen MR) is 123 cm³/mol. The lowest BCUT2D eigenvalue weighted by Gasteiger charge is -2.06. The molecule has 2 aromatic heterocycles. The molecule has 4 nitrogen and oxygen atoms in total. The number of aromatic nitrogens is 2. The van der Waals surface area contributed by atoms with Crippen molar-refractivity contribution in [3.63, 3.8) is 0 Å². The molecule has 0 aromatic carbocycles. The predicted octanol–water partition coefficient (Wildman–Crippen LogP) is 6.85. The zero-order valence-corrected chi connectivity index (χ0v) is 19.0. The third kappa shape index (κ3) is 7.72. The summed E-state index contributed by atoms with van der Waals surface area (Å²) >= 11 is 0. The van der Waals surface area contributed by atoms with Gasteiger partial charge in [0.05, 0.1) is 12.3 Å². The van der Waals surface area contributed by atoms with Crippen LogP contribution >= 0.6 is 0 Å². The second kappa shape index (κ2) is 12.8. The number of nitrogens with zero attached hydrogens (tertiary/aromatic N) is 1. The fourth-order valence-electron chi connectivity index (χ4n) is 2.94. The monoisotopic (exact) mass is 396 g/mol. The van der Waals surface area contributed by atoms with Crippen LogP contribution in [-0.4, -0.2) is 22.4 Å². The number of H-pyrrole nitrogens is 1. The average molecular weight is 397 g/mol. The Morgan fingerprint density at radius 2 is 1.97 bits per heavy atom. The molecule has 0 aliphatic heterocycles. The molecule has 29 heavy (non-hydrogen) atoms. The van der Waals surface area contributed by atoms with Crippen LogP contribution in [0, 0.1) is 5.92 Å². The number of hydrogen-bond acceptors (Lipinski definition) is 3. The van der Waals surface area contributed by atoms with E-state index in [9.17, 15) is 4.79 Å². The lowest BCUT2D eigenvalue weighted by molar-refractivity contribution is 0.101. The number of carbonyl (C=O) groups is 1. The summed E-state index contributed by atoms with van der Waals surface area (Å²) in [5, 5.41) is 0. The number of carbonyl (C=O) groups excluding carboxylic acids is 1. The number of pyridine rings is 1. The van der Waals surface area contributed by atoms with Gasteiger partial charge >= 0.3 is 0 Å². The van der Waals surface area contributed by atoms with Gasteiger partial charge in [-0.05, 0) is 62.6 Å². The van der Waals surface area contributed by atoms with Gasteiger partial charge < -0.3 is 9.72 Å².